The molecule has 0 unspecified atom stereocenters. The maximum absolute atomic E-state index is 12.5. The number of esters is 1. The molecule has 0 radical (unpaired) electrons. The number of hydrogen-bond acceptors (Lipinski definition) is 7. The minimum absolute atomic E-state index is 0.0913. The Morgan fingerprint density at radius 1 is 1.17 bits per heavy atom. The number of fused-ring (bicyclic) bond motifs is 1. The average Bonchev–Trinajstić information content (AvgIpc) is 2.87. The van der Waals surface area contributed by atoms with E-state index >= 15 is 0 Å². The summed E-state index contributed by atoms with van der Waals surface area (Å²) in [7, 11) is 0. The molecule has 2 rings (SSSR count). The molecule has 9 heteroatoms. The van der Waals surface area contributed by atoms with Crippen molar-refractivity contribution in [1.29, 1.82) is 0 Å². The first-order valence-electron chi connectivity index (χ1n) is 8.86. The van der Waals surface area contributed by atoms with Gasteiger partial charge in [0.05, 0.1) is 22.3 Å². The number of ketones is 1. The van der Waals surface area contributed by atoms with Gasteiger partial charge in [0.2, 0.25) is 0 Å². The quantitative estimate of drug-likeness (QED) is 0.415. The molecule has 156 valence electrons. The number of Topliss-reactive ketones (excluding diaryl/α,β-unsaturated/α-hetero) is 1. The predicted molar refractivity (Wildman–Crippen MR) is 110 cm³/mol. The van der Waals surface area contributed by atoms with Crippen molar-refractivity contribution < 1.29 is 28.7 Å². The van der Waals surface area contributed by atoms with Crippen LogP contribution in [-0.4, -0.2) is 39.6 Å². The lowest BCUT2D eigenvalue weighted by Crippen LogP contribution is -2.27. The molecule has 0 fully saturated rings. The van der Waals surface area contributed by atoms with Gasteiger partial charge in [0.25, 0.3) is 11.7 Å². The molecule has 8 nitrogen and oxygen atoms in total. The van der Waals surface area contributed by atoms with Gasteiger partial charge in [-0.1, -0.05) is 17.8 Å². The Hall–Kier alpha value is -2.81. The number of hydrogen-bond donors (Lipinski definition) is 1. The highest BCUT2D eigenvalue weighted by atomic mass is 32.2. The molecule has 1 aromatic heterocycles. The molecule has 2 aromatic rings. The molecule has 0 aliphatic rings. The molecule has 1 heterocycles. The molecule has 0 aliphatic heterocycles. The van der Waals surface area contributed by atoms with E-state index in [1.165, 1.54) is 6.92 Å². The van der Waals surface area contributed by atoms with Crippen molar-refractivity contribution in [2.24, 2.45) is 5.73 Å². The lowest BCUT2D eigenvalue weighted by atomic mass is 10.1. The Bertz CT molecular complexity index is 987. The normalized spacial score (nSPS) is 11.3. The first-order valence-corrected chi connectivity index (χ1v) is 9.85. The zero-order valence-corrected chi connectivity index (χ0v) is 17.8. The van der Waals surface area contributed by atoms with Gasteiger partial charge in [-0.2, -0.15) is 0 Å². The van der Waals surface area contributed by atoms with Crippen LogP contribution in [0.1, 0.15) is 43.7 Å². The van der Waals surface area contributed by atoms with Gasteiger partial charge in [-0.15, -0.1) is 0 Å². The number of nitrogens with two attached hydrogens (primary N) is 1. The lowest BCUT2D eigenvalue weighted by molar-refractivity contribution is -0.157. The fourth-order valence-electron chi connectivity index (χ4n) is 2.84. The van der Waals surface area contributed by atoms with Crippen LogP contribution in [0.3, 0.4) is 0 Å². The van der Waals surface area contributed by atoms with Gasteiger partial charge < -0.3 is 19.8 Å². The fraction of sp³-hybridized carbons (Fsp3) is 0.400. The van der Waals surface area contributed by atoms with Crippen molar-refractivity contribution >= 4 is 45.4 Å². The number of carbonyl (C=O) groups is 4. The van der Waals surface area contributed by atoms with E-state index < -0.39 is 23.3 Å². The molecule has 0 saturated heterocycles. The summed E-state index contributed by atoms with van der Waals surface area (Å²) in [5, 5.41) is 0.271. The average molecular weight is 420 g/mol. The van der Waals surface area contributed by atoms with Crippen LogP contribution >= 0.6 is 11.8 Å². The number of rotatable bonds is 7. The molecule has 1 aromatic carbocycles. The van der Waals surface area contributed by atoms with Gasteiger partial charge >= 0.3 is 5.97 Å². The number of primary amides is 1. The topological polar surface area (TPSA) is 118 Å². The van der Waals surface area contributed by atoms with E-state index in [4.69, 9.17) is 15.2 Å². The van der Waals surface area contributed by atoms with Gasteiger partial charge in [0.1, 0.15) is 11.4 Å². The summed E-state index contributed by atoms with van der Waals surface area (Å²) in [5.74, 6) is -2.05. The van der Waals surface area contributed by atoms with Gasteiger partial charge in [0, 0.05) is 12.6 Å². The van der Waals surface area contributed by atoms with Gasteiger partial charge in [0.15, 0.2) is 11.7 Å². The number of carbonyl (C=O) groups excluding carboxylic acids is 4. The molecule has 1 amide bonds. The number of aromatic nitrogens is 1. The molecule has 2 N–H and O–H groups in total. The summed E-state index contributed by atoms with van der Waals surface area (Å²) in [4.78, 5) is 47.5. The van der Waals surface area contributed by atoms with E-state index in [2.05, 4.69) is 0 Å². The van der Waals surface area contributed by atoms with E-state index in [0.29, 0.717) is 16.6 Å². The maximum Gasteiger partial charge on any atom is 0.344 e. The second kappa shape index (κ2) is 8.69. The Morgan fingerprint density at radius 3 is 2.38 bits per heavy atom. The largest absolute Gasteiger partial charge is 0.481 e. The molecule has 0 atom stereocenters. The van der Waals surface area contributed by atoms with Crippen molar-refractivity contribution in [2.45, 2.75) is 46.1 Å². The van der Waals surface area contributed by atoms with Crippen molar-refractivity contribution in [3.63, 3.8) is 0 Å². The Balaban J connectivity index is 2.52. The summed E-state index contributed by atoms with van der Waals surface area (Å²) in [5.41, 5.74) is 5.72. The van der Waals surface area contributed by atoms with Gasteiger partial charge in [-0.3, -0.25) is 14.4 Å². The minimum Gasteiger partial charge on any atom is -0.481 e. The maximum atomic E-state index is 12.5. The van der Waals surface area contributed by atoms with Crippen molar-refractivity contribution in [3.05, 3.63) is 29.5 Å². The minimum atomic E-state index is -1.10. The standard InChI is InChI=1S/C20H24N2O6S/c1-11-16(18(25)19(21)26)17-13(22(11)10-29-12(2)23)7-6-8-14(17)27-9-15(24)28-20(3,4)5/h6-8H,9-10H2,1-5H3,(H2,21,26). The van der Waals surface area contributed by atoms with Crippen LogP contribution in [0.2, 0.25) is 0 Å². The van der Waals surface area contributed by atoms with Crippen LogP contribution in [0.4, 0.5) is 0 Å². The van der Waals surface area contributed by atoms with Gasteiger partial charge in [-0.05, 0) is 39.8 Å². The van der Waals surface area contributed by atoms with Crippen molar-refractivity contribution in [3.8, 4) is 5.75 Å². The van der Waals surface area contributed by atoms with E-state index in [1.54, 1.807) is 50.5 Å². The first kappa shape index (κ1) is 22.5. The molecule has 0 saturated carbocycles. The van der Waals surface area contributed by atoms with Crippen LogP contribution in [0.15, 0.2) is 18.2 Å². The number of thioether (sulfide) groups is 1. The summed E-state index contributed by atoms with van der Waals surface area (Å²) < 4.78 is 12.6. The van der Waals surface area contributed by atoms with Crippen molar-refractivity contribution in [1.82, 2.24) is 4.57 Å². The third-order valence-corrected chi connectivity index (χ3v) is 4.72. The molecular weight excluding hydrogens is 396 g/mol. The lowest BCUT2D eigenvalue weighted by Gasteiger charge is -2.19. The Kier molecular flexibility index (Phi) is 6.73. The van der Waals surface area contributed by atoms with E-state index in [1.807, 2.05) is 0 Å². The number of ether oxygens (including phenoxy) is 2. The molecule has 0 aliphatic carbocycles. The zero-order valence-electron chi connectivity index (χ0n) is 17.0. The summed E-state index contributed by atoms with van der Waals surface area (Å²) in [6, 6.07) is 5.02. The first-order chi connectivity index (χ1) is 13.4. The summed E-state index contributed by atoms with van der Waals surface area (Å²) in [6.07, 6.45) is 0. The summed E-state index contributed by atoms with van der Waals surface area (Å²) >= 11 is 1.06. The Labute approximate surface area is 172 Å². The third-order valence-electron chi connectivity index (χ3n) is 3.93. The predicted octanol–water partition coefficient (Wildman–Crippen LogP) is 2.58. The zero-order chi connectivity index (χ0) is 21.9. The van der Waals surface area contributed by atoms with Crippen LogP contribution < -0.4 is 10.5 Å². The molecule has 29 heavy (non-hydrogen) atoms. The fourth-order valence-corrected chi connectivity index (χ4v) is 3.49. The van der Waals surface area contributed by atoms with E-state index in [-0.39, 0.29) is 28.9 Å². The monoisotopic (exact) mass is 420 g/mol. The molecule has 0 spiro atoms. The second-order valence-corrected chi connectivity index (χ2v) is 8.49. The van der Waals surface area contributed by atoms with Gasteiger partial charge in [-0.25, -0.2) is 4.79 Å². The molecule has 0 bridgehead atoms. The highest BCUT2D eigenvalue weighted by molar-refractivity contribution is 8.12. The van der Waals surface area contributed by atoms with Crippen LogP contribution in [0.5, 0.6) is 5.75 Å². The van der Waals surface area contributed by atoms with Crippen molar-refractivity contribution in [2.75, 3.05) is 6.61 Å². The highest BCUT2D eigenvalue weighted by Crippen LogP contribution is 2.35. The summed E-state index contributed by atoms with van der Waals surface area (Å²) in [6.45, 7) is 7.96. The number of amides is 1. The van der Waals surface area contributed by atoms with E-state index in [9.17, 15) is 19.2 Å². The van der Waals surface area contributed by atoms with Crippen LogP contribution in [0, 0.1) is 6.92 Å². The number of benzene rings is 1. The van der Waals surface area contributed by atoms with Crippen LogP contribution in [-0.2, 0) is 25.0 Å². The van der Waals surface area contributed by atoms with Crippen LogP contribution in [0.25, 0.3) is 10.9 Å². The smallest absolute Gasteiger partial charge is 0.344 e. The number of nitrogens with zero attached hydrogens (tertiary/aromatic N) is 1. The Morgan fingerprint density at radius 2 is 1.83 bits per heavy atom. The SMILES string of the molecule is CC(=O)SCn1c(C)c(C(=O)C(N)=O)c2c(OCC(=O)OC(C)(C)C)cccc21. The third kappa shape index (κ3) is 5.38. The second-order valence-electron chi connectivity index (χ2n) is 7.37. The highest BCUT2D eigenvalue weighted by Gasteiger charge is 2.26. The van der Waals surface area contributed by atoms with E-state index in [0.717, 1.165) is 11.8 Å². The molecular formula is C20H24N2O6S.